The number of imide groups is 1. The number of hydrogen-bond donors (Lipinski definition) is 0. The number of aromatic nitrogens is 3. The summed E-state index contributed by atoms with van der Waals surface area (Å²) in [7, 11) is 0. The molecule has 1 saturated heterocycles. The molecule has 29 heavy (non-hydrogen) atoms. The van der Waals surface area contributed by atoms with Gasteiger partial charge in [0.15, 0.2) is 5.82 Å². The molecule has 2 amide bonds. The number of likely N-dealkylation sites (tertiary alicyclic amines) is 1. The number of nitrogens with zero attached hydrogens (tertiary/aromatic N) is 4. The topological polar surface area (TPSA) is 60.1 Å². The minimum Gasteiger partial charge on any atom is -0.281 e. The van der Waals surface area contributed by atoms with Crippen LogP contribution in [0.5, 0.6) is 0 Å². The van der Waals surface area contributed by atoms with Gasteiger partial charge in [0.25, 0.3) is 5.91 Å². The lowest BCUT2D eigenvalue weighted by atomic mass is 10.2. The molecule has 6 nitrogen and oxygen atoms in total. The Morgan fingerprint density at radius 3 is 2.55 bits per heavy atom. The summed E-state index contributed by atoms with van der Waals surface area (Å²) < 4.78 is 17.1. The molecule has 4 rings (SSSR count). The van der Waals surface area contributed by atoms with Crippen LogP contribution < -0.4 is 0 Å². The van der Waals surface area contributed by atoms with Crippen LogP contribution in [0.25, 0.3) is 17.1 Å². The van der Waals surface area contributed by atoms with E-state index in [4.69, 9.17) is 23.8 Å². The lowest BCUT2D eigenvalue weighted by Gasteiger charge is -2.11. The van der Waals surface area contributed by atoms with Gasteiger partial charge in [-0.05, 0) is 61.6 Å². The molecular formula is C20H16ClFN4O2S. The van der Waals surface area contributed by atoms with E-state index in [1.54, 1.807) is 47.9 Å². The highest BCUT2D eigenvalue weighted by Crippen LogP contribution is 2.29. The molecule has 1 aliphatic rings. The van der Waals surface area contributed by atoms with E-state index in [-0.39, 0.29) is 29.6 Å². The van der Waals surface area contributed by atoms with Crippen LogP contribution in [0.15, 0.2) is 48.5 Å². The van der Waals surface area contributed by atoms with E-state index in [0.29, 0.717) is 22.1 Å². The Bertz CT molecular complexity index is 1170. The number of carbonyl (C=O) groups is 2. The van der Waals surface area contributed by atoms with Gasteiger partial charge in [0.05, 0.1) is 12.1 Å². The van der Waals surface area contributed by atoms with Gasteiger partial charge < -0.3 is 0 Å². The minimum absolute atomic E-state index is 0.0127. The maximum absolute atomic E-state index is 13.9. The van der Waals surface area contributed by atoms with Crippen LogP contribution in [-0.4, -0.2) is 37.6 Å². The van der Waals surface area contributed by atoms with Gasteiger partial charge in [-0.25, -0.2) is 9.07 Å². The lowest BCUT2D eigenvalue weighted by Crippen LogP contribution is -2.31. The zero-order chi connectivity index (χ0) is 20.7. The van der Waals surface area contributed by atoms with E-state index >= 15 is 0 Å². The molecule has 148 valence electrons. The molecule has 1 atom stereocenters. The second kappa shape index (κ2) is 7.53. The average molecular weight is 431 g/mol. The van der Waals surface area contributed by atoms with Crippen molar-refractivity contribution in [2.24, 2.45) is 0 Å². The van der Waals surface area contributed by atoms with E-state index < -0.39 is 11.9 Å². The van der Waals surface area contributed by atoms with Crippen molar-refractivity contribution in [3.05, 3.63) is 64.1 Å². The number of carbonyl (C=O) groups excluding carboxylic acids is 2. The quantitative estimate of drug-likeness (QED) is 0.460. The Morgan fingerprint density at radius 2 is 1.93 bits per heavy atom. The van der Waals surface area contributed by atoms with Crippen LogP contribution in [0.1, 0.15) is 19.4 Å². The molecule has 3 aromatic rings. The standard InChI is InChI=1S/C20H16ClFN4O2S/c1-2-24-17(27)11-16(19(24)28)26-20(29)25(15-5-3-4-14(22)10-15)18(23-26)12-6-8-13(21)9-7-12/h3-10,16H,2,11H2,1H3/t16-/m1/s1. The lowest BCUT2D eigenvalue weighted by molar-refractivity contribution is -0.138. The molecule has 0 unspecified atom stereocenters. The molecule has 0 aliphatic carbocycles. The number of halogens is 2. The van der Waals surface area contributed by atoms with Gasteiger partial charge in [-0.3, -0.25) is 19.1 Å². The maximum atomic E-state index is 13.9. The van der Waals surface area contributed by atoms with E-state index in [1.165, 1.54) is 21.7 Å². The van der Waals surface area contributed by atoms with Gasteiger partial charge in [-0.15, -0.1) is 0 Å². The third-order valence-electron chi connectivity index (χ3n) is 4.80. The third-order valence-corrected chi connectivity index (χ3v) is 5.42. The zero-order valence-electron chi connectivity index (χ0n) is 15.4. The van der Waals surface area contributed by atoms with Crippen LogP contribution in [0.2, 0.25) is 5.02 Å². The van der Waals surface area contributed by atoms with Crippen molar-refractivity contribution in [2.45, 2.75) is 19.4 Å². The van der Waals surface area contributed by atoms with Gasteiger partial charge in [0.2, 0.25) is 10.7 Å². The molecule has 0 saturated carbocycles. The number of rotatable bonds is 4. The molecule has 1 aliphatic heterocycles. The fraction of sp³-hybridized carbons (Fsp3) is 0.200. The summed E-state index contributed by atoms with van der Waals surface area (Å²) in [6, 6.07) is 12.0. The largest absolute Gasteiger partial charge is 0.281 e. The predicted octanol–water partition coefficient (Wildman–Crippen LogP) is 4.18. The second-order valence-electron chi connectivity index (χ2n) is 6.57. The van der Waals surface area contributed by atoms with Gasteiger partial charge >= 0.3 is 0 Å². The molecule has 0 radical (unpaired) electrons. The summed E-state index contributed by atoms with van der Waals surface area (Å²) in [6.07, 6.45) is -0.0127. The normalized spacial score (nSPS) is 16.7. The SMILES string of the molecule is CCN1C(=O)C[C@@H](n2nc(-c3ccc(Cl)cc3)n(-c3cccc(F)c3)c2=S)C1=O. The van der Waals surface area contributed by atoms with Crippen molar-refractivity contribution in [1.82, 2.24) is 19.2 Å². The summed E-state index contributed by atoms with van der Waals surface area (Å²) in [5.74, 6) is -0.617. The Labute approximate surface area is 176 Å². The maximum Gasteiger partial charge on any atom is 0.254 e. The van der Waals surface area contributed by atoms with E-state index in [0.717, 1.165) is 0 Å². The molecule has 9 heteroatoms. The molecule has 0 N–H and O–H groups in total. The molecule has 1 aromatic heterocycles. The summed E-state index contributed by atoms with van der Waals surface area (Å²) in [6.45, 7) is 2.03. The van der Waals surface area contributed by atoms with Crippen molar-refractivity contribution < 1.29 is 14.0 Å². The first-order valence-electron chi connectivity index (χ1n) is 8.98. The number of likely N-dealkylation sites (N-methyl/N-ethyl adjacent to an activating group) is 1. The minimum atomic E-state index is -0.823. The highest BCUT2D eigenvalue weighted by atomic mass is 35.5. The fourth-order valence-corrected chi connectivity index (χ4v) is 3.89. The van der Waals surface area contributed by atoms with Crippen LogP contribution in [0.4, 0.5) is 4.39 Å². The van der Waals surface area contributed by atoms with Crippen LogP contribution >= 0.6 is 23.8 Å². The van der Waals surface area contributed by atoms with E-state index in [2.05, 4.69) is 5.10 Å². The monoisotopic (exact) mass is 430 g/mol. The van der Waals surface area contributed by atoms with Crippen LogP contribution in [0.3, 0.4) is 0 Å². The number of amides is 2. The highest BCUT2D eigenvalue weighted by Gasteiger charge is 2.40. The summed E-state index contributed by atoms with van der Waals surface area (Å²) in [5.41, 5.74) is 1.16. The van der Waals surface area contributed by atoms with Crippen LogP contribution in [0, 0.1) is 10.6 Å². The molecule has 2 aromatic carbocycles. The first-order valence-corrected chi connectivity index (χ1v) is 9.77. The average Bonchev–Trinajstić information content (AvgIpc) is 3.18. The number of benzene rings is 2. The number of hydrogen-bond acceptors (Lipinski definition) is 4. The smallest absolute Gasteiger partial charge is 0.254 e. The first kappa shape index (κ1) is 19.5. The van der Waals surface area contributed by atoms with Crippen LogP contribution in [-0.2, 0) is 9.59 Å². The molecule has 1 fully saturated rings. The van der Waals surface area contributed by atoms with Crippen molar-refractivity contribution in [3.8, 4) is 17.1 Å². The first-order chi connectivity index (χ1) is 13.9. The van der Waals surface area contributed by atoms with Gasteiger partial charge in [0, 0.05) is 17.1 Å². The molecular weight excluding hydrogens is 415 g/mol. The van der Waals surface area contributed by atoms with Crippen molar-refractivity contribution >= 4 is 35.6 Å². The van der Waals surface area contributed by atoms with Crippen molar-refractivity contribution in [2.75, 3.05) is 6.54 Å². The molecule has 0 spiro atoms. The summed E-state index contributed by atoms with van der Waals surface area (Å²) in [4.78, 5) is 26.1. The Morgan fingerprint density at radius 1 is 1.21 bits per heavy atom. The van der Waals surface area contributed by atoms with E-state index in [9.17, 15) is 14.0 Å². The zero-order valence-corrected chi connectivity index (χ0v) is 17.0. The predicted molar refractivity (Wildman–Crippen MR) is 109 cm³/mol. The van der Waals surface area contributed by atoms with E-state index in [1.807, 2.05) is 0 Å². The Hall–Kier alpha value is -2.84. The summed E-state index contributed by atoms with van der Waals surface area (Å²) >= 11 is 11.6. The third kappa shape index (κ3) is 3.38. The molecule has 0 bridgehead atoms. The second-order valence-corrected chi connectivity index (χ2v) is 7.37. The van der Waals surface area contributed by atoms with Gasteiger partial charge in [0.1, 0.15) is 11.9 Å². The Kier molecular flexibility index (Phi) is 5.06. The fourth-order valence-electron chi connectivity index (χ4n) is 3.41. The van der Waals surface area contributed by atoms with Gasteiger partial charge in [-0.2, -0.15) is 5.10 Å². The molecule has 2 heterocycles. The summed E-state index contributed by atoms with van der Waals surface area (Å²) in [5, 5.41) is 5.12. The van der Waals surface area contributed by atoms with Crippen molar-refractivity contribution in [3.63, 3.8) is 0 Å². The van der Waals surface area contributed by atoms with Crippen molar-refractivity contribution in [1.29, 1.82) is 0 Å². The van der Waals surface area contributed by atoms with Gasteiger partial charge in [-0.1, -0.05) is 17.7 Å². The Balaban J connectivity index is 1.92. The highest BCUT2D eigenvalue weighted by molar-refractivity contribution is 7.71.